The largest absolute Gasteiger partial charge is 0.506 e. The van der Waals surface area contributed by atoms with Crippen LogP contribution in [0.4, 0.5) is 23.7 Å². The molecule has 0 spiro atoms. The van der Waals surface area contributed by atoms with Gasteiger partial charge in [0, 0.05) is 23.7 Å². The molecule has 1 atom stereocenters. The molecular formula is C17H18F3N3O5. The van der Waals surface area contributed by atoms with Crippen molar-refractivity contribution in [3.8, 4) is 0 Å². The highest BCUT2D eigenvalue weighted by atomic mass is 19.4. The number of ether oxygens (including phenoxy) is 1. The Morgan fingerprint density at radius 2 is 1.79 bits per heavy atom. The zero-order valence-electron chi connectivity index (χ0n) is 15.2. The lowest BCUT2D eigenvalue weighted by Crippen LogP contribution is -2.47. The summed E-state index contributed by atoms with van der Waals surface area (Å²) in [4.78, 5) is 21.7. The van der Waals surface area contributed by atoms with Crippen LogP contribution in [0.3, 0.4) is 0 Å². The van der Waals surface area contributed by atoms with Gasteiger partial charge in [-0.15, -0.1) is 0 Å². The van der Waals surface area contributed by atoms with Gasteiger partial charge in [0.25, 0.3) is 5.69 Å². The van der Waals surface area contributed by atoms with Gasteiger partial charge in [0.15, 0.2) is 11.3 Å². The zero-order valence-corrected chi connectivity index (χ0v) is 15.2. The van der Waals surface area contributed by atoms with Crippen molar-refractivity contribution in [2.45, 2.75) is 39.1 Å². The Kier molecular flexibility index (Phi) is 5.40. The number of alkyl halides is 3. The van der Waals surface area contributed by atoms with Gasteiger partial charge in [0.2, 0.25) is 0 Å². The van der Waals surface area contributed by atoms with Crippen LogP contribution in [0.1, 0.15) is 32.0 Å². The van der Waals surface area contributed by atoms with E-state index in [0.29, 0.717) is 0 Å². The molecule has 1 heterocycles. The number of nitro benzene ring substituents is 1. The van der Waals surface area contributed by atoms with Crippen molar-refractivity contribution in [1.29, 1.82) is 0 Å². The predicted molar refractivity (Wildman–Crippen MR) is 90.6 cm³/mol. The third kappa shape index (κ3) is 4.24. The minimum Gasteiger partial charge on any atom is -0.450 e. The topological polar surface area (TPSA) is 107 Å². The fourth-order valence-electron chi connectivity index (χ4n) is 2.84. The van der Waals surface area contributed by atoms with Crippen molar-refractivity contribution in [3.63, 3.8) is 0 Å². The maximum atomic E-state index is 12.9. The van der Waals surface area contributed by atoms with Crippen molar-refractivity contribution in [3.05, 3.63) is 57.9 Å². The number of nitrogens with zero attached hydrogens (tertiary/aromatic N) is 3. The molecule has 1 unspecified atom stereocenters. The van der Waals surface area contributed by atoms with Gasteiger partial charge in [-0.2, -0.15) is 18.3 Å². The molecule has 0 amide bonds. The van der Waals surface area contributed by atoms with E-state index in [9.17, 15) is 33.2 Å². The van der Waals surface area contributed by atoms with Crippen LogP contribution < -0.4 is 0 Å². The SMILES string of the molecule is CC(C)(C)C(Cn1ccc(C(F)(F)F)n1)(OC(=O)O)c1ccc([N+](=O)[O-])cc1. The molecule has 0 aliphatic rings. The van der Waals surface area contributed by atoms with Crippen LogP contribution in [0.2, 0.25) is 0 Å². The summed E-state index contributed by atoms with van der Waals surface area (Å²) in [5.41, 5.74) is -3.71. The monoisotopic (exact) mass is 401 g/mol. The number of halogens is 3. The number of non-ortho nitro benzene ring substituents is 1. The Morgan fingerprint density at radius 1 is 1.21 bits per heavy atom. The first kappa shape index (κ1) is 21.2. The Balaban J connectivity index is 2.59. The lowest BCUT2D eigenvalue weighted by molar-refractivity contribution is -0.384. The molecule has 0 aliphatic carbocycles. The molecule has 152 valence electrons. The number of nitro groups is 1. The van der Waals surface area contributed by atoms with Gasteiger partial charge in [-0.25, -0.2) is 4.79 Å². The Morgan fingerprint density at radius 3 is 2.18 bits per heavy atom. The van der Waals surface area contributed by atoms with Gasteiger partial charge in [-0.3, -0.25) is 14.8 Å². The van der Waals surface area contributed by atoms with Crippen molar-refractivity contribution >= 4 is 11.8 Å². The smallest absolute Gasteiger partial charge is 0.450 e. The summed E-state index contributed by atoms with van der Waals surface area (Å²) in [6.07, 6.45) is -5.23. The molecule has 8 nitrogen and oxygen atoms in total. The van der Waals surface area contributed by atoms with Crippen LogP contribution in [-0.2, 0) is 23.1 Å². The summed E-state index contributed by atoms with van der Waals surface area (Å²) >= 11 is 0. The number of hydrogen-bond acceptors (Lipinski definition) is 5. The third-order valence-electron chi connectivity index (χ3n) is 4.33. The average molecular weight is 401 g/mol. The number of hydrogen-bond donors (Lipinski definition) is 1. The van der Waals surface area contributed by atoms with Gasteiger partial charge >= 0.3 is 12.3 Å². The molecule has 0 bridgehead atoms. The van der Waals surface area contributed by atoms with Gasteiger partial charge in [-0.1, -0.05) is 20.8 Å². The summed E-state index contributed by atoms with van der Waals surface area (Å²) in [5.74, 6) is 0. The molecule has 0 saturated carbocycles. The highest BCUT2D eigenvalue weighted by Crippen LogP contribution is 2.45. The summed E-state index contributed by atoms with van der Waals surface area (Å²) in [6.45, 7) is 4.57. The minimum atomic E-state index is -4.66. The van der Waals surface area contributed by atoms with Crippen LogP contribution >= 0.6 is 0 Å². The van der Waals surface area contributed by atoms with Crippen LogP contribution in [-0.4, -0.2) is 26.0 Å². The van der Waals surface area contributed by atoms with Gasteiger partial charge in [-0.05, 0) is 23.8 Å². The van der Waals surface area contributed by atoms with Crippen LogP contribution in [0, 0.1) is 15.5 Å². The average Bonchev–Trinajstić information content (AvgIpc) is 3.01. The highest BCUT2D eigenvalue weighted by Gasteiger charge is 2.48. The summed E-state index contributed by atoms with van der Waals surface area (Å²) < 4.78 is 44.7. The van der Waals surface area contributed by atoms with Crippen molar-refractivity contribution in [2.24, 2.45) is 5.41 Å². The van der Waals surface area contributed by atoms with Crippen LogP contribution in [0.15, 0.2) is 36.5 Å². The molecule has 0 saturated heterocycles. The molecule has 0 fully saturated rings. The molecular weight excluding hydrogens is 383 g/mol. The van der Waals surface area contributed by atoms with Gasteiger partial charge in [0.05, 0.1) is 11.5 Å². The first-order valence-corrected chi connectivity index (χ1v) is 8.04. The fraction of sp³-hybridized carbons (Fsp3) is 0.412. The van der Waals surface area contributed by atoms with E-state index in [0.717, 1.165) is 16.9 Å². The molecule has 0 radical (unpaired) electrons. The van der Waals surface area contributed by atoms with Gasteiger partial charge < -0.3 is 9.84 Å². The molecule has 1 aromatic carbocycles. The fourth-order valence-corrected chi connectivity index (χ4v) is 2.84. The van der Waals surface area contributed by atoms with E-state index in [1.807, 2.05) is 0 Å². The Labute approximate surface area is 157 Å². The van der Waals surface area contributed by atoms with E-state index in [1.165, 1.54) is 24.3 Å². The lowest BCUT2D eigenvalue weighted by atomic mass is 9.71. The maximum absolute atomic E-state index is 12.9. The second-order valence-electron chi connectivity index (χ2n) is 7.15. The number of carboxylic acid groups (broad SMARTS) is 1. The van der Waals surface area contributed by atoms with Crippen LogP contribution in [0.25, 0.3) is 0 Å². The minimum absolute atomic E-state index is 0.222. The van der Waals surface area contributed by atoms with E-state index in [1.54, 1.807) is 20.8 Å². The molecule has 2 aromatic rings. The van der Waals surface area contributed by atoms with Crippen molar-refractivity contribution in [1.82, 2.24) is 9.78 Å². The third-order valence-corrected chi connectivity index (χ3v) is 4.33. The Hall–Kier alpha value is -3.11. The normalized spacial score (nSPS) is 14.4. The first-order chi connectivity index (χ1) is 12.8. The van der Waals surface area contributed by atoms with Gasteiger partial charge in [0.1, 0.15) is 0 Å². The lowest BCUT2D eigenvalue weighted by Gasteiger charge is -2.43. The van der Waals surface area contributed by atoms with Crippen molar-refractivity contribution < 1.29 is 32.7 Å². The highest BCUT2D eigenvalue weighted by molar-refractivity contribution is 5.58. The molecule has 0 aliphatic heterocycles. The molecule has 28 heavy (non-hydrogen) atoms. The van der Waals surface area contributed by atoms with E-state index >= 15 is 0 Å². The molecule has 2 rings (SSSR count). The molecule has 11 heteroatoms. The van der Waals surface area contributed by atoms with E-state index in [4.69, 9.17) is 4.74 Å². The Bertz CT molecular complexity index is 871. The number of rotatable bonds is 5. The predicted octanol–water partition coefficient (Wildman–Crippen LogP) is 4.45. The maximum Gasteiger partial charge on any atom is 0.506 e. The van der Waals surface area contributed by atoms with Crippen LogP contribution in [0.5, 0.6) is 0 Å². The summed E-state index contributed by atoms with van der Waals surface area (Å²) in [5, 5.41) is 23.6. The second kappa shape index (κ2) is 7.13. The standard InChI is InChI=1S/C17H18F3N3O5/c1-15(2,3)16(28-14(24)25,11-4-6-12(7-5-11)23(26)27)10-22-9-8-13(21-22)17(18,19)20/h4-9H,10H2,1-3H3,(H,24,25). The molecule has 1 aromatic heterocycles. The zero-order chi connectivity index (χ0) is 21.3. The second-order valence-corrected chi connectivity index (χ2v) is 7.15. The van der Waals surface area contributed by atoms with Crippen molar-refractivity contribution in [2.75, 3.05) is 0 Å². The number of benzene rings is 1. The van der Waals surface area contributed by atoms with E-state index in [-0.39, 0.29) is 17.8 Å². The van der Waals surface area contributed by atoms with E-state index < -0.39 is 34.0 Å². The summed E-state index contributed by atoms with van der Waals surface area (Å²) in [6, 6.07) is 5.75. The van der Waals surface area contributed by atoms with E-state index in [2.05, 4.69) is 5.10 Å². The number of aromatic nitrogens is 2. The quantitative estimate of drug-likeness (QED) is 0.451. The number of carbonyl (C=O) groups is 1. The first-order valence-electron chi connectivity index (χ1n) is 8.04. The summed E-state index contributed by atoms with van der Waals surface area (Å²) in [7, 11) is 0. The molecule has 1 N–H and O–H groups in total.